The molecule has 8 heteroatoms. The molecule has 0 bridgehead atoms. The molecule has 2 rings (SSSR count). The van der Waals surface area contributed by atoms with Crippen molar-refractivity contribution in [3.8, 4) is 0 Å². The summed E-state index contributed by atoms with van der Waals surface area (Å²) in [5.41, 5.74) is 6.99. The second kappa shape index (κ2) is 8.77. The average Bonchev–Trinajstić information content (AvgIpc) is 2.63. The molecule has 0 aliphatic rings. The number of nitrogen functional groups attached to an aromatic ring is 1. The molecule has 0 unspecified atom stereocenters. The summed E-state index contributed by atoms with van der Waals surface area (Å²) >= 11 is 0. The maximum atomic E-state index is 12.4. The molecule has 0 radical (unpaired) electrons. The number of nitrogens with zero attached hydrogens (tertiary/aromatic N) is 2. The third kappa shape index (κ3) is 5.03. The number of aromatic nitrogens is 1. The number of carbonyl (C=O) groups excluding carboxylic acids is 1. The molecule has 7 nitrogen and oxygen atoms in total. The van der Waals surface area contributed by atoms with Crippen LogP contribution in [0.25, 0.3) is 0 Å². The molecular formula is C18H24N4O3S. The number of benzene rings is 1. The van der Waals surface area contributed by atoms with Crippen molar-refractivity contribution < 1.29 is 13.2 Å². The predicted molar refractivity (Wildman–Crippen MR) is 102 cm³/mol. The van der Waals surface area contributed by atoms with Gasteiger partial charge < -0.3 is 11.1 Å². The van der Waals surface area contributed by atoms with Crippen LogP contribution in [0, 0.1) is 0 Å². The molecule has 26 heavy (non-hydrogen) atoms. The number of hydrogen-bond acceptors (Lipinski definition) is 5. The summed E-state index contributed by atoms with van der Waals surface area (Å²) < 4.78 is 26.3. The Morgan fingerprint density at radius 3 is 2.31 bits per heavy atom. The van der Waals surface area contributed by atoms with Crippen LogP contribution in [0.2, 0.25) is 0 Å². The van der Waals surface area contributed by atoms with Crippen LogP contribution in [-0.2, 0) is 21.2 Å². The molecule has 0 atom stereocenters. The van der Waals surface area contributed by atoms with Crippen molar-refractivity contribution in [1.82, 2.24) is 9.29 Å². The first-order valence-corrected chi connectivity index (χ1v) is 9.91. The van der Waals surface area contributed by atoms with E-state index < -0.39 is 10.0 Å². The minimum Gasteiger partial charge on any atom is -0.384 e. The molecule has 0 saturated carbocycles. The van der Waals surface area contributed by atoms with E-state index >= 15 is 0 Å². The highest BCUT2D eigenvalue weighted by atomic mass is 32.2. The van der Waals surface area contributed by atoms with Gasteiger partial charge >= 0.3 is 0 Å². The lowest BCUT2D eigenvalue weighted by molar-refractivity contribution is -0.116. The molecule has 1 aromatic carbocycles. The van der Waals surface area contributed by atoms with Gasteiger partial charge in [-0.05, 0) is 36.2 Å². The first-order chi connectivity index (χ1) is 12.4. The first-order valence-electron chi connectivity index (χ1n) is 8.47. The van der Waals surface area contributed by atoms with Crippen molar-refractivity contribution in [2.75, 3.05) is 24.1 Å². The van der Waals surface area contributed by atoms with Gasteiger partial charge in [0.15, 0.2) is 0 Å². The molecule has 0 aliphatic carbocycles. The molecular weight excluding hydrogens is 352 g/mol. The fourth-order valence-corrected chi connectivity index (χ4v) is 3.96. The van der Waals surface area contributed by atoms with Gasteiger partial charge in [0.2, 0.25) is 15.9 Å². The minimum atomic E-state index is -3.46. The normalized spacial score (nSPS) is 11.5. The number of carbonyl (C=O) groups is 1. The van der Waals surface area contributed by atoms with E-state index in [1.54, 1.807) is 36.4 Å². The number of aryl methyl sites for hydroxylation is 1. The number of rotatable bonds is 8. The van der Waals surface area contributed by atoms with Crippen LogP contribution in [0.3, 0.4) is 0 Å². The van der Waals surface area contributed by atoms with Crippen molar-refractivity contribution >= 4 is 27.4 Å². The topological polar surface area (TPSA) is 105 Å². The summed E-state index contributed by atoms with van der Waals surface area (Å²) in [6, 6.07) is 9.97. The Bertz CT molecular complexity index is 830. The second-order valence-electron chi connectivity index (χ2n) is 5.75. The Balaban J connectivity index is 1.94. The van der Waals surface area contributed by atoms with E-state index in [1.807, 2.05) is 13.8 Å². The largest absolute Gasteiger partial charge is 0.384 e. The van der Waals surface area contributed by atoms with Crippen molar-refractivity contribution in [3.05, 3.63) is 48.2 Å². The van der Waals surface area contributed by atoms with Gasteiger partial charge in [-0.3, -0.25) is 4.79 Å². The van der Waals surface area contributed by atoms with Crippen LogP contribution in [0.4, 0.5) is 11.5 Å². The molecule has 0 saturated heterocycles. The average molecular weight is 376 g/mol. The summed E-state index contributed by atoms with van der Waals surface area (Å²) in [6.07, 6.45) is 2.30. The van der Waals surface area contributed by atoms with Crippen molar-refractivity contribution in [2.45, 2.75) is 31.6 Å². The number of sulfonamides is 1. The maximum Gasteiger partial charge on any atom is 0.243 e. The Kier molecular flexibility index (Phi) is 6.70. The van der Waals surface area contributed by atoms with Gasteiger partial charge in [-0.25, -0.2) is 13.4 Å². The summed E-state index contributed by atoms with van der Waals surface area (Å²) in [5, 5.41) is 2.75. The van der Waals surface area contributed by atoms with E-state index in [1.165, 1.54) is 10.5 Å². The van der Waals surface area contributed by atoms with E-state index in [0.717, 1.165) is 5.56 Å². The lowest BCUT2D eigenvalue weighted by Crippen LogP contribution is -2.30. The molecule has 3 N–H and O–H groups in total. The van der Waals surface area contributed by atoms with E-state index in [4.69, 9.17) is 5.73 Å². The summed E-state index contributed by atoms with van der Waals surface area (Å²) in [7, 11) is -3.46. The fraction of sp³-hybridized carbons (Fsp3) is 0.333. The van der Waals surface area contributed by atoms with Crippen LogP contribution in [0.1, 0.15) is 25.8 Å². The molecule has 2 aromatic rings. The van der Waals surface area contributed by atoms with Crippen molar-refractivity contribution in [2.24, 2.45) is 0 Å². The second-order valence-corrected chi connectivity index (χ2v) is 7.69. The molecule has 1 heterocycles. The van der Waals surface area contributed by atoms with Crippen LogP contribution in [0.5, 0.6) is 0 Å². The van der Waals surface area contributed by atoms with E-state index in [-0.39, 0.29) is 17.2 Å². The molecule has 140 valence electrons. The summed E-state index contributed by atoms with van der Waals surface area (Å²) in [5.74, 6) is 0.249. The Morgan fingerprint density at radius 2 is 1.77 bits per heavy atom. The SMILES string of the molecule is CCN(CC)S(=O)(=O)c1ccc(CCC(=O)Nc2ccc(N)nc2)cc1. The lowest BCUT2D eigenvalue weighted by atomic mass is 10.1. The fourth-order valence-electron chi connectivity index (χ4n) is 2.50. The maximum absolute atomic E-state index is 12.4. The summed E-state index contributed by atoms with van der Waals surface area (Å²) in [4.78, 5) is 16.2. The van der Waals surface area contributed by atoms with Gasteiger partial charge in [0.05, 0.1) is 16.8 Å². The van der Waals surface area contributed by atoms with E-state index in [2.05, 4.69) is 10.3 Å². The highest BCUT2D eigenvalue weighted by molar-refractivity contribution is 7.89. The third-order valence-corrected chi connectivity index (χ3v) is 6.04. The number of anilines is 2. The van der Waals surface area contributed by atoms with Gasteiger partial charge in [-0.1, -0.05) is 26.0 Å². The smallest absolute Gasteiger partial charge is 0.243 e. The number of nitrogens with one attached hydrogen (secondary N) is 1. The molecule has 0 aliphatic heterocycles. The zero-order valence-corrected chi connectivity index (χ0v) is 15.8. The van der Waals surface area contributed by atoms with Crippen LogP contribution < -0.4 is 11.1 Å². The van der Waals surface area contributed by atoms with Crippen LogP contribution in [-0.4, -0.2) is 36.7 Å². The zero-order valence-electron chi connectivity index (χ0n) is 15.0. The predicted octanol–water partition coefficient (Wildman–Crippen LogP) is 2.27. The lowest BCUT2D eigenvalue weighted by Gasteiger charge is -2.18. The van der Waals surface area contributed by atoms with Crippen LogP contribution in [0.15, 0.2) is 47.5 Å². The third-order valence-electron chi connectivity index (χ3n) is 3.98. The standard InChI is InChI=1S/C18H24N4O3S/c1-3-22(4-2)26(24,25)16-9-5-14(6-10-16)7-12-18(23)21-15-8-11-17(19)20-13-15/h5-6,8-11,13H,3-4,7,12H2,1-2H3,(H2,19,20)(H,21,23). The van der Waals surface area contributed by atoms with Crippen molar-refractivity contribution in [3.63, 3.8) is 0 Å². The van der Waals surface area contributed by atoms with E-state index in [9.17, 15) is 13.2 Å². The van der Waals surface area contributed by atoms with Crippen LogP contribution >= 0.6 is 0 Å². The summed E-state index contributed by atoms with van der Waals surface area (Å²) in [6.45, 7) is 4.48. The molecule has 0 fully saturated rings. The number of pyridine rings is 1. The Hall–Kier alpha value is -2.45. The first kappa shape index (κ1) is 19.9. The quantitative estimate of drug-likeness (QED) is 0.735. The number of nitrogens with two attached hydrogens (primary N) is 1. The van der Waals surface area contributed by atoms with Gasteiger partial charge in [-0.2, -0.15) is 4.31 Å². The Morgan fingerprint density at radius 1 is 1.12 bits per heavy atom. The highest BCUT2D eigenvalue weighted by Crippen LogP contribution is 2.17. The monoisotopic (exact) mass is 376 g/mol. The highest BCUT2D eigenvalue weighted by Gasteiger charge is 2.21. The van der Waals surface area contributed by atoms with Gasteiger partial charge in [-0.15, -0.1) is 0 Å². The van der Waals surface area contributed by atoms with Crippen molar-refractivity contribution in [1.29, 1.82) is 0 Å². The van der Waals surface area contributed by atoms with Gasteiger partial charge in [0.25, 0.3) is 0 Å². The minimum absolute atomic E-state index is 0.142. The molecule has 1 amide bonds. The molecule has 1 aromatic heterocycles. The van der Waals surface area contributed by atoms with E-state index in [0.29, 0.717) is 31.0 Å². The Labute approximate surface area is 154 Å². The molecule has 0 spiro atoms. The van der Waals surface area contributed by atoms with Gasteiger partial charge in [0.1, 0.15) is 5.82 Å². The zero-order chi connectivity index (χ0) is 19.2. The van der Waals surface area contributed by atoms with Gasteiger partial charge in [0, 0.05) is 19.5 Å². The number of hydrogen-bond donors (Lipinski definition) is 2. The number of amides is 1.